The zero-order valence-electron chi connectivity index (χ0n) is 15.6. The molecule has 0 atom stereocenters. The molecule has 140 valence electrons. The highest BCUT2D eigenvalue weighted by atomic mass is 16.5. The molecular weight excluding hydrogens is 352 g/mol. The number of fused-ring (bicyclic) bond motifs is 2. The van der Waals surface area contributed by atoms with Crippen molar-refractivity contribution in [2.24, 2.45) is 0 Å². The number of nitrogens with one attached hydrogen (secondary N) is 3. The number of carbonyl (C=O) groups excluding carboxylic acids is 1. The number of rotatable bonds is 4. The average Bonchev–Trinajstić information content (AvgIpc) is 2.74. The van der Waals surface area contributed by atoms with E-state index in [1.165, 1.54) is 0 Å². The molecular formula is C22H20N4O2. The number of methoxy groups -OCH3 is 1. The van der Waals surface area contributed by atoms with Crippen LogP contribution >= 0.6 is 0 Å². The number of hydrogen-bond acceptors (Lipinski definition) is 4. The molecule has 0 fully saturated rings. The van der Waals surface area contributed by atoms with Crippen LogP contribution in [0.4, 0.5) is 21.9 Å². The number of urea groups is 1. The Bertz CT molecular complexity index is 1120. The van der Waals surface area contributed by atoms with Gasteiger partial charge in [0.1, 0.15) is 5.75 Å². The SMILES string of the molecule is CNC(=O)Nc1ccc(Nc2c3ccccc3nc3ccccc23)c(OC)c1. The lowest BCUT2D eigenvalue weighted by Crippen LogP contribution is -2.24. The van der Waals surface area contributed by atoms with Crippen molar-refractivity contribution in [3.63, 3.8) is 0 Å². The summed E-state index contributed by atoms with van der Waals surface area (Å²) in [6.07, 6.45) is 0. The summed E-state index contributed by atoms with van der Waals surface area (Å²) in [7, 11) is 3.18. The number of benzene rings is 3. The van der Waals surface area contributed by atoms with Gasteiger partial charge in [0.05, 0.1) is 29.5 Å². The molecule has 0 spiro atoms. The van der Waals surface area contributed by atoms with Gasteiger partial charge in [-0.1, -0.05) is 36.4 Å². The normalized spacial score (nSPS) is 10.6. The number of carbonyl (C=O) groups is 1. The van der Waals surface area contributed by atoms with Gasteiger partial charge in [0, 0.05) is 29.6 Å². The smallest absolute Gasteiger partial charge is 0.318 e. The summed E-state index contributed by atoms with van der Waals surface area (Å²) in [5.74, 6) is 0.624. The molecule has 0 bridgehead atoms. The van der Waals surface area contributed by atoms with E-state index in [1.807, 2.05) is 60.7 Å². The van der Waals surface area contributed by atoms with Crippen molar-refractivity contribution in [1.82, 2.24) is 10.3 Å². The first kappa shape index (κ1) is 17.6. The summed E-state index contributed by atoms with van der Waals surface area (Å²) in [6, 6.07) is 21.3. The van der Waals surface area contributed by atoms with Crippen molar-refractivity contribution in [2.75, 3.05) is 24.8 Å². The maximum Gasteiger partial charge on any atom is 0.318 e. The monoisotopic (exact) mass is 372 g/mol. The maximum atomic E-state index is 11.6. The predicted octanol–water partition coefficient (Wildman–Crippen LogP) is 4.89. The molecule has 0 unspecified atom stereocenters. The molecule has 4 rings (SSSR count). The Hall–Kier alpha value is -3.80. The molecule has 28 heavy (non-hydrogen) atoms. The van der Waals surface area contributed by atoms with E-state index in [4.69, 9.17) is 9.72 Å². The second-order valence-corrected chi connectivity index (χ2v) is 6.27. The van der Waals surface area contributed by atoms with Crippen LogP contribution in [0.25, 0.3) is 21.8 Å². The Balaban J connectivity index is 1.82. The molecule has 0 aliphatic carbocycles. The van der Waals surface area contributed by atoms with E-state index in [0.717, 1.165) is 33.2 Å². The van der Waals surface area contributed by atoms with Crippen LogP contribution in [-0.2, 0) is 0 Å². The Kier molecular flexibility index (Phi) is 4.68. The Labute approximate surface area is 162 Å². The molecule has 0 saturated heterocycles. The lowest BCUT2D eigenvalue weighted by Gasteiger charge is -2.16. The van der Waals surface area contributed by atoms with E-state index in [9.17, 15) is 4.79 Å². The Morgan fingerprint density at radius 1 is 0.929 bits per heavy atom. The number of amides is 2. The van der Waals surface area contributed by atoms with E-state index >= 15 is 0 Å². The highest BCUT2D eigenvalue weighted by molar-refractivity contribution is 6.08. The van der Waals surface area contributed by atoms with Crippen LogP contribution in [0.3, 0.4) is 0 Å². The molecule has 3 N–H and O–H groups in total. The third-order valence-electron chi connectivity index (χ3n) is 4.53. The zero-order chi connectivity index (χ0) is 19.5. The summed E-state index contributed by atoms with van der Waals surface area (Å²) < 4.78 is 5.55. The highest BCUT2D eigenvalue weighted by Gasteiger charge is 2.12. The lowest BCUT2D eigenvalue weighted by molar-refractivity contribution is 0.254. The number of anilines is 3. The minimum atomic E-state index is -0.283. The van der Waals surface area contributed by atoms with Crippen molar-refractivity contribution in [1.29, 1.82) is 0 Å². The molecule has 0 aliphatic heterocycles. The molecule has 2 amide bonds. The van der Waals surface area contributed by atoms with E-state index < -0.39 is 0 Å². The molecule has 6 heteroatoms. The topological polar surface area (TPSA) is 75.3 Å². The van der Waals surface area contributed by atoms with Gasteiger partial charge in [-0.2, -0.15) is 0 Å². The Morgan fingerprint density at radius 3 is 2.18 bits per heavy atom. The van der Waals surface area contributed by atoms with Gasteiger partial charge < -0.3 is 20.7 Å². The van der Waals surface area contributed by atoms with Gasteiger partial charge in [-0.15, -0.1) is 0 Å². The summed E-state index contributed by atoms with van der Waals surface area (Å²) >= 11 is 0. The molecule has 6 nitrogen and oxygen atoms in total. The van der Waals surface area contributed by atoms with Crippen molar-refractivity contribution >= 4 is 44.9 Å². The number of hydrogen-bond donors (Lipinski definition) is 3. The predicted molar refractivity (Wildman–Crippen MR) is 114 cm³/mol. The summed E-state index contributed by atoms with van der Waals surface area (Å²) in [5.41, 5.74) is 4.24. The fraction of sp³-hybridized carbons (Fsp3) is 0.0909. The number of pyridine rings is 1. The Morgan fingerprint density at radius 2 is 1.57 bits per heavy atom. The minimum absolute atomic E-state index is 0.283. The van der Waals surface area contributed by atoms with Crippen molar-refractivity contribution in [3.05, 3.63) is 66.7 Å². The third kappa shape index (κ3) is 3.27. The molecule has 0 aliphatic rings. The van der Waals surface area contributed by atoms with Gasteiger partial charge in [-0.05, 0) is 24.3 Å². The van der Waals surface area contributed by atoms with Crippen molar-refractivity contribution in [2.45, 2.75) is 0 Å². The first-order valence-corrected chi connectivity index (χ1v) is 8.91. The van der Waals surface area contributed by atoms with E-state index in [1.54, 1.807) is 20.2 Å². The summed E-state index contributed by atoms with van der Waals surface area (Å²) in [5, 5.41) is 10.8. The summed E-state index contributed by atoms with van der Waals surface area (Å²) in [4.78, 5) is 16.3. The lowest BCUT2D eigenvalue weighted by atomic mass is 10.1. The van der Waals surface area contributed by atoms with E-state index in [0.29, 0.717) is 11.4 Å². The van der Waals surface area contributed by atoms with E-state index in [-0.39, 0.29) is 6.03 Å². The molecule has 0 saturated carbocycles. The summed E-state index contributed by atoms with van der Waals surface area (Å²) in [6.45, 7) is 0. The van der Waals surface area contributed by atoms with Gasteiger partial charge in [0.2, 0.25) is 0 Å². The van der Waals surface area contributed by atoms with Gasteiger partial charge >= 0.3 is 6.03 Å². The number of aromatic nitrogens is 1. The molecule has 0 radical (unpaired) electrons. The fourth-order valence-electron chi connectivity index (χ4n) is 3.18. The van der Waals surface area contributed by atoms with Gasteiger partial charge in [-0.3, -0.25) is 0 Å². The van der Waals surface area contributed by atoms with Crippen molar-refractivity contribution < 1.29 is 9.53 Å². The van der Waals surface area contributed by atoms with Crippen LogP contribution in [0.5, 0.6) is 5.75 Å². The molecule has 3 aromatic carbocycles. The molecule has 1 aromatic heterocycles. The van der Waals surface area contributed by atoms with Crippen molar-refractivity contribution in [3.8, 4) is 5.75 Å². The van der Waals surface area contributed by atoms with Crippen LogP contribution in [0.15, 0.2) is 66.7 Å². The van der Waals surface area contributed by atoms with Crippen LogP contribution in [0.2, 0.25) is 0 Å². The quantitative estimate of drug-likeness (QED) is 0.446. The van der Waals surface area contributed by atoms with Gasteiger partial charge in [0.25, 0.3) is 0 Å². The van der Waals surface area contributed by atoms with Gasteiger partial charge in [0.15, 0.2) is 0 Å². The van der Waals surface area contributed by atoms with Gasteiger partial charge in [-0.25, -0.2) is 9.78 Å². The molecule has 4 aromatic rings. The second kappa shape index (κ2) is 7.44. The first-order chi connectivity index (χ1) is 13.7. The number of nitrogens with zero attached hydrogens (tertiary/aromatic N) is 1. The number of ether oxygens (including phenoxy) is 1. The third-order valence-corrected chi connectivity index (χ3v) is 4.53. The fourth-order valence-corrected chi connectivity index (χ4v) is 3.18. The standard InChI is InChI=1S/C22H20N4O2/c1-23-22(27)24-14-11-12-19(20(13-14)28-2)26-21-15-7-3-5-9-17(15)25-18-10-6-4-8-16(18)21/h3-13H,1-2H3,(H,25,26)(H2,23,24,27). The first-order valence-electron chi connectivity index (χ1n) is 8.91. The zero-order valence-corrected chi connectivity index (χ0v) is 15.6. The largest absolute Gasteiger partial charge is 0.494 e. The van der Waals surface area contributed by atoms with Crippen LogP contribution in [0.1, 0.15) is 0 Å². The minimum Gasteiger partial charge on any atom is -0.494 e. The highest BCUT2D eigenvalue weighted by Crippen LogP contribution is 2.36. The average molecular weight is 372 g/mol. The maximum absolute atomic E-state index is 11.6. The second-order valence-electron chi connectivity index (χ2n) is 6.27. The number of para-hydroxylation sites is 2. The van der Waals surface area contributed by atoms with Crippen LogP contribution in [-0.4, -0.2) is 25.2 Å². The van der Waals surface area contributed by atoms with Crippen LogP contribution in [0, 0.1) is 0 Å². The molecule has 1 heterocycles. The van der Waals surface area contributed by atoms with Crippen LogP contribution < -0.4 is 20.7 Å². The van der Waals surface area contributed by atoms with E-state index in [2.05, 4.69) is 16.0 Å².